The lowest BCUT2D eigenvalue weighted by atomic mass is 10.1. The van der Waals surface area contributed by atoms with Crippen molar-refractivity contribution in [3.8, 4) is 5.75 Å². The quantitative estimate of drug-likeness (QED) is 0.678. The second kappa shape index (κ2) is 6.44. The van der Waals surface area contributed by atoms with Gasteiger partial charge in [0, 0.05) is 34.3 Å². The van der Waals surface area contributed by atoms with E-state index in [1.54, 1.807) is 7.11 Å². The van der Waals surface area contributed by atoms with Crippen LogP contribution in [0.3, 0.4) is 0 Å². The summed E-state index contributed by atoms with van der Waals surface area (Å²) >= 11 is 7.06. The largest absolute Gasteiger partial charge is 0.497 e. The van der Waals surface area contributed by atoms with Gasteiger partial charge in [0.25, 0.3) is 0 Å². The maximum Gasteiger partial charge on any atom is 0.120 e. The lowest BCUT2D eigenvalue weighted by molar-refractivity contribution is 0.415. The standard InChI is InChI=1S/C15H15Br2NO/c1-18(13-4-3-5-14(9-13)19-2)15-8-12(17)7-6-11(15)10-16/h3-9H,10H2,1-2H3. The summed E-state index contributed by atoms with van der Waals surface area (Å²) in [5.74, 6) is 0.861. The van der Waals surface area contributed by atoms with Crippen molar-refractivity contribution in [1.29, 1.82) is 0 Å². The first kappa shape index (κ1) is 14.4. The van der Waals surface area contributed by atoms with E-state index in [0.717, 1.165) is 21.2 Å². The van der Waals surface area contributed by atoms with Crippen molar-refractivity contribution < 1.29 is 4.74 Å². The number of benzene rings is 2. The summed E-state index contributed by atoms with van der Waals surface area (Å²) in [5, 5.41) is 0.823. The minimum atomic E-state index is 0.823. The molecule has 0 unspecified atom stereocenters. The van der Waals surface area contributed by atoms with Crippen LogP contribution < -0.4 is 9.64 Å². The Morgan fingerprint density at radius 2 is 1.95 bits per heavy atom. The first-order chi connectivity index (χ1) is 9.15. The highest BCUT2D eigenvalue weighted by molar-refractivity contribution is 9.10. The Hall–Kier alpha value is -1.000. The van der Waals surface area contributed by atoms with Gasteiger partial charge in [-0.05, 0) is 29.8 Å². The molecule has 0 heterocycles. The van der Waals surface area contributed by atoms with Crippen molar-refractivity contribution in [3.63, 3.8) is 0 Å². The maximum atomic E-state index is 5.28. The minimum absolute atomic E-state index is 0.823. The molecule has 2 rings (SSSR count). The highest BCUT2D eigenvalue weighted by Gasteiger charge is 2.10. The summed E-state index contributed by atoms with van der Waals surface area (Å²) in [6, 6.07) is 14.3. The van der Waals surface area contributed by atoms with E-state index < -0.39 is 0 Å². The molecule has 0 aliphatic carbocycles. The van der Waals surface area contributed by atoms with Gasteiger partial charge in [0.15, 0.2) is 0 Å². The van der Waals surface area contributed by atoms with Gasteiger partial charge in [-0.2, -0.15) is 0 Å². The zero-order chi connectivity index (χ0) is 13.8. The molecule has 2 aromatic rings. The normalized spacial score (nSPS) is 10.3. The van der Waals surface area contributed by atoms with E-state index in [2.05, 4.69) is 68.1 Å². The predicted molar refractivity (Wildman–Crippen MR) is 87.8 cm³/mol. The fourth-order valence-corrected chi connectivity index (χ4v) is 2.74. The fourth-order valence-electron chi connectivity index (χ4n) is 1.92. The van der Waals surface area contributed by atoms with Gasteiger partial charge in [0.05, 0.1) is 7.11 Å². The van der Waals surface area contributed by atoms with Crippen LogP contribution in [0, 0.1) is 0 Å². The average molecular weight is 385 g/mol. The molecule has 0 saturated carbocycles. The van der Waals surface area contributed by atoms with E-state index in [0.29, 0.717) is 0 Å². The second-order valence-corrected chi connectivity index (χ2v) is 5.64. The summed E-state index contributed by atoms with van der Waals surface area (Å²) in [4.78, 5) is 2.16. The first-order valence-electron chi connectivity index (χ1n) is 5.88. The zero-order valence-corrected chi connectivity index (χ0v) is 14.0. The van der Waals surface area contributed by atoms with Crippen LogP contribution in [-0.4, -0.2) is 14.2 Å². The SMILES string of the molecule is COc1cccc(N(C)c2cc(Br)ccc2CBr)c1. The molecule has 0 N–H and O–H groups in total. The molecule has 0 amide bonds. The van der Waals surface area contributed by atoms with Crippen molar-refractivity contribution >= 4 is 43.2 Å². The number of ether oxygens (including phenoxy) is 1. The molecule has 0 aliphatic rings. The van der Waals surface area contributed by atoms with Crippen LogP contribution in [0.25, 0.3) is 0 Å². The van der Waals surface area contributed by atoms with Crippen LogP contribution in [0.5, 0.6) is 5.75 Å². The predicted octanol–water partition coefficient (Wildman–Crippen LogP) is 5.12. The summed E-state index contributed by atoms with van der Waals surface area (Å²) < 4.78 is 6.35. The third-order valence-electron chi connectivity index (χ3n) is 2.99. The van der Waals surface area contributed by atoms with Gasteiger partial charge in [-0.15, -0.1) is 0 Å². The van der Waals surface area contributed by atoms with Crippen LogP contribution in [0.2, 0.25) is 0 Å². The number of alkyl halides is 1. The highest BCUT2D eigenvalue weighted by Crippen LogP contribution is 2.32. The summed E-state index contributed by atoms with van der Waals surface area (Å²) in [6.45, 7) is 0. The van der Waals surface area contributed by atoms with E-state index >= 15 is 0 Å². The van der Waals surface area contributed by atoms with Crippen molar-refractivity contribution in [3.05, 3.63) is 52.5 Å². The van der Waals surface area contributed by atoms with Crippen molar-refractivity contribution in [2.45, 2.75) is 5.33 Å². The van der Waals surface area contributed by atoms with Gasteiger partial charge in [0.2, 0.25) is 0 Å². The van der Waals surface area contributed by atoms with Gasteiger partial charge in [-0.3, -0.25) is 0 Å². The Morgan fingerprint density at radius 1 is 1.16 bits per heavy atom. The second-order valence-electron chi connectivity index (χ2n) is 4.17. The Balaban J connectivity index is 2.42. The van der Waals surface area contributed by atoms with Crippen LogP contribution >= 0.6 is 31.9 Å². The van der Waals surface area contributed by atoms with E-state index in [-0.39, 0.29) is 0 Å². The van der Waals surface area contributed by atoms with Gasteiger partial charge in [-0.1, -0.05) is 44.0 Å². The molecule has 0 bridgehead atoms. The minimum Gasteiger partial charge on any atom is -0.497 e. The van der Waals surface area contributed by atoms with Crippen LogP contribution in [0.1, 0.15) is 5.56 Å². The molecule has 0 aromatic heterocycles. The zero-order valence-electron chi connectivity index (χ0n) is 10.9. The molecule has 2 aromatic carbocycles. The highest BCUT2D eigenvalue weighted by atomic mass is 79.9. The van der Waals surface area contributed by atoms with E-state index in [1.165, 1.54) is 11.3 Å². The number of methoxy groups -OCH3 is 1. The number of anilines is 2. The lowest BCUT2D eigenvalue weighted by Crippen LogP contribution is -2.11. The average Bonchev–Trinajstić information content (AvgIpc) is 2.46. The molecule has 0 radical (unpaired) electrons. The van der Waals surface area contributed by atoms with Gasteiger partial charge < -0.3 is 9.64 Å². The smallest absolute Gasteiger partial charge is 0.120 e. The number of rotatable bonds is 4. The first-order valence-corrected chi connectivity index (χ1v) is 7.79. The monoisotopic (exact) mass is 383 g/mol. The summed E-state index contributed by atoms with van der Waals surface area (Å²) in [6.07, 6.45) is 0. The topological polar surface area (TPSA) is 12.5 Å². The third kappa shape index (κ3) is 3.31. The molecule has 19 heavy (non-hydrogen) atoms. The molecule has 0 saturated heterocycles. The van der Waals surface area contributed by atoms with E-state index in [1.807, 2.05) is 18.2 Å². The van der Waals surface area contributed by atoms with Gasteiger partial charge >= 0.3 is 0 Å². The molecular formula is C15H15Br2NO. The van der Waals surface area contributed by atoms with Crippen molar-refractivity contribution in [2.75, 3.05) is 19.1 Å². The molecule has 0 aliphatic heterocycles. The molecule has 0 spiro atoms. The molecular weight excluding hydrogens is 370 g/mol. The number of nitrogens with zero attached hydrogens (tertiary/aromatic N) is 1. The molecule has 0 atom stereocenters. The summed E-state index contributed by atoms with van der Waals surface area (Å²) in [5.41, 5.74) is 3.51. The van der Waals surface area contributed by atoms with Gasteiger partial charge in [-0.25, -0.2) is 0 Å². The molecule has 100 valence electrons. The molecule has 4 heteroatoms. The van der Waals surface area contributed by atoms with Crippen LogP contribution in [0.4, 0.5) is 11.4 Å². The van der Waals surface area contributed by atoms with Crippen molar-refractivity contribution in [1.82, 2.24) is 0 Å². The molecule has 0 fully saturated rings. The Morgan fingerprint density at radius 3 is 2.63 bits per heavy atom. The third-order valence-corrected chi connectivity index (χ3v) is 4.09. The number of halogens is 2. The Kier molecular flexibility index (Phi) is 4.88. The van der Waals surface area contributed by atoms with E-state index in [9.17, 15) is 0 Å². The lowest BCUT2D eigenvalue weighted by Gasteiger charge is -2.23. The fraction of sp³-hybridized carbons (Fsp3) is 0.200. The van der Waals surface area contributed by atoms with Gasteiger partial charge in [0.1, 0.15) is 5.75 Å². The van der Waals surface area contributed by atoms with Crippen LogP contribution in [-0.2, 0) is 5.33 Å². The Bertz CT molecular complexity index is 572. The van der Waals surface area contributed by atoms with E-state index in [4.69, 9.17) is 4.74 Å². The van der Waals surface area contributed by atoms with Crippen LogP contribution in [0.15, 0.2) is 46.9 Å². The Labute approximate surface area is 130 Å². The molecule has 2 nitrogen and oxygen atoms in total. The van der Waals surface area contributed by atoms with Crippen molar-refractivity contribution in [2.24, 2.45) is 0 Å². The summed E-state index contributed by atoms with van der Waals surface area (Å²) in [7, 11) is 3.74. The number of hydrogen-bond donors (Lipinski definition) is 0. The number of hydrogen-bond acceptors (Lipinski definition) is 2. The maximum absolute atomic E-state index is 5.28.